The van der Waals surface area contributed by atoms with Gasteiger partial charge in [-0.25, -0.2) is 18.5 Å². The van der Waals surface area contributed by atoms with Crippen molar-refractivity contribution in [2.24, 2.45) is 5.14 Å². The summed E-state index contributed by atoms with van der Waals surface area (Å²) in [4.78, 5) is 12.2. The Labute approximate surface area is 193 Å². The number of rotatable bonds is 8. The second kappa shape index (κ2) is 8.94. The number of aryl methyl sites for hydroxylation is 3. The van der Waals surface area contributed by atoms with Crippen molar-refractivity contribution in [2.75, 3.05) is 11.5 Å². The number of nitrogen functional groups attached to an aromatic ring is 1. The number of hydrogen-bond acceptors (Lipinski definition) is 6. The molecular weight excluding hydrogens is 534 g/mol. The molecule has 0 saturated carbocycles. The second-order valence-corrected chi connectivity index (χ2v) is 10.8. The first kappa shape index (κ1) is 22.3. The number of sulfonamides is 1. The highest BCUT2D eigenvalue weighted by Gasteiger charge is 2.19. The van der Waals surface area contributed by atoms with Crippen LogP contribution in [0.25, 0.3) is 11.2 Å². The molecule has 4 rings (SSSR count). The highest BCUT2D eigenvalue weighted by molar-refractivity contribution is 14.1. The Hall–Kier alpha value is -1.86. The monoisotopic (exact) mass is 558 g/mol. The largest absolute Gasteiger partial charge is 0.382 e. The van der Waals surface area contributed by atoms with Gasteiger partial charge in [-0.1, -0.05) is 12.5 Å². The second-order valence-electron chi connectivity index (χ2n) is 7.90. The summed E-state index contributed by atoms with van der Waals surface area (Å²) in [5.74, 6) is 0.700. The summed E-state index contributed by atoms with van der Waals surface area (Å²) in [7, 11) is -3.47. The summed E-state index contributed by atoms with van der Waals surface area (Å²) >= 11 is 2.35. The van der Waals surface area contributed by atoms with Gasteiger partial charge in [0, 0.05) is 16.5 Å². The average molecular weight is 558 g/mol. The number of anilines is 1. The van der Waals surface area contributed by atoms with E-state index in [4.69, 9.17) is 10.9 Å². The third-order valence-electron chi connectivity index (χ3n) is 5.59. The third-order valence-corrected chi connectivity index (χ3v) is 7.46. The van der Waals surface area contributed by atoms with Crippen molar-refractivity contribution < 1.29 is 12.8 Å². The van der Waals surface area contributed by atoms with Gasteiger partial charge >= 0.3 is 6.08 Å². The number of halogens is 2. The van der Waals surface area contributed by atoms with Crippen LogP contribution >= 0.6 is 22.6 Å². The lowest BCUT2D eigenvalue weighted by molar-refractivity contribution is 0.538. The number of unbranched alkanes of at least 4 members (excludes halogenated alkanes) is 2. The zero-order valence-electron chi connectivity index (χ0n) is 16.9. The molecule has 3 aromatic rings. The molecule has 2 heterocycles. The van der Waals surface area contributed by atoms with Gasteiger partial charge in [0.05, 0.1) is 5.75 Å². The first-order valence-electron chi connectivity index (χ1n) is 10.2. The van der Waals surface area contributed by atoms with Gasteiger partial charge in [0.25, 0.3) is 0 Å². The zero-order valence-corrected chi connectivity index (χ0v) is 19.9. The lowest BCUT2D eigenvalue weighted by Gasteiger charge is -2.11. The van der Waals surface area contributed by atoms with Crippen LogP contribution in [0.5, 0.6) is 0 Å². The van der Waals surface area contributed by atoms with Crippen LogP contribution in [0.1, 0.15) is 48.2 Å². The van der Waals surface area contributed by atoms with Crippen molar-refractivity contribution in [1.82, 2.24) is 19.5 Å². The van der Waals surface area contributed by atoms with Gasteiger partial charge in [-0.05, 0) is 77.5 Å². The Morgan fingerprint density at radius 3 is 2.58 bits per heavy atom. The Balaban J connectivity index is 1.63. The first-order chi connectivity index (χ1) is 14.7. The highest BCUT2D eigenvalue weighted by Crippen LogP contribution is 2.29. The molecule has 8 nitrogen and oxygen atoms in total. The summed E-state index contributed by atoms with van der Waals surface area (Å²) in [5.41, 5.74) is 10.6. The molecule has 0 bridgehead atoms. The van der Waals surface area contributed by atoms with Crippen LogP contribution in [0.3, 0.4) is 0 Å². The predicted octanol–water partition coefficient (Wildman–Crippen LogP) is 2.69. The molecule has 1 aromatic carbocycles. The van der Waals surface area contributed by atoms with Crippen molar-refractivity contribution in [3.63, 3.8) is 0 Å². The van der Waals surface area contributed by atoms with E-state index in [0.717, 1.165) is 18.7 Å². The highest BCUT2D eigenvalue weighted by atomic mass is 127. The molecule has 0 radical (unpaired) electrons. The lowest BCUT2D eigenvalue weighted by Crippen LogP contribution is -2.16. The van der Waals surface area contributed by atoms with Crippen molar-refractivity contribution in [2.45, 2.75) is 51.5 Å². The van der Waals surface area contributed by atoms with Crippen LogP contribution in [-0.4, -0.2) is 33.7 Å². The molecule has 0 aliphatic heterocycles. The third kappa shape index (κ3) is 5.14. The van der Waals surface area contributed by atoms with Gasteiger partial charge in [0.1, 0.15) is 5.82 Å². The average Bonchev–Trinajstić information content (AvgIpc) is 3.25. The maximum atomic E-state index is 13.9. The summed E-state index contributed by atoms with van der Waals surface area (Å²) in [6, 6.07) is 4.49. The Morgan fingerprint density at radius 2 is 1.84 bits per heavy atom. The Bertz CT molecular complexity index is 1240. The molecule has 1 aliphatic rings. The van der Waals surface area contributed by atoms with Crippen molar-refractivity contribution in [1.29, 1.82) is 0 Å². The number of nitrogens with two attached hydrogens (primary N) is 2. The quantitative estimate of drug-likeness (QED) is 0.249. The molecule has 0 unspecified atom stereocenters. The summed E-state index contributed by atoms with van der Waals surface area (Å²) in [6.07, 6.45) is 4.87. The van der Waals surface area contributed by atoms with Crippen molar-refractivity contribution >= 4 is 49.6 Å². The van der Waals surface area contributed by atoms with Crippen LogP contribution in [-0.2, 0) is 35.8 Å². The number of imidazole rings is 1. The molecular formula is C20H24FIN6O2S. The minimum absolute atomic E-state index is 0.0142. The number of hydrogen-bond donors (Lipinski definition) is 2. The van der Waals surface area contributed by atoms with Crippen molar-refractivity contribution in [3.8, 4) is 0 Å². The topological polar surface area (TPSA) is 130 Å². The molecule has 0 atom stereocenters. The van der Waals surface area contributed by atoms with E-state index in [9.17, 15) is 12.8 Å². The Kier molecular flexibility index (Phi) is 6.44. The van der Waals surface area contributed by atoms with Gasteiger partial charge in [0.2, 0.25) is 10.0 Å². The minimum atomic E-state index is -3.47. The molecule has 11 heteroatoms. The van der Waals surface area contributed by atoms with E-state index < -0.39 is 16.1 Å². The summed E-state index contributed by atoms with van der Waals surface area (Å²) in [6.45, 7) is 0.522. The van der Waals surface area contributed by atoms with Gasteiger partial charge in [-0.3, -0.25) is 0 Å². The van der Waals surface area contributed by atoms with E-state index in [-0.39, 0.29) is 11.6 Å². The molecule has 0 saturated heterocycles. The van der Waals surface area contributed by atoms with Crippen LogP contribution in [0.15, 0.2) is 12.1 Å². The van der Waals surface area contributed by atoms with E-state index >= 15 is 0 Å². The molecule has 1 aliphatic carbocycles. The number of nitrogens with zero attached hydrogens (tertiary/aromatic N) is 4. The van der Waals surface area contributed by atoms with Gasteiger partial charge in [-0.2, -0.15) is 14.4 Å². The molecule has 166 valence electrons. The minimum Gasteiger partial charge on any atom is -0.382 e. The van der Waals surface area contributed by atoms with E-state index in [1.807, 2.05) is 4.57 Å². The standard InChI is InChI=1S/C20H24FIN6O2S/c21-20-26-18(23)17-19(27-20)28(7-2-1-3-8-31(24,29)30)16(25-17)11-14-9-12-5-4-6-13(12)10-15(14)22/h9-10H,1-8,11H2,(H2,23,26,27)(H2,24,29,30). The van der Waals surface area contributed by atoms with E-state index in [1.165, 1.54) is 26.7 Å². The van der Waals surface area contributed by atoms with Crippen LogP contribution in [0, 0.1) is 9.65 Å². The normalized spacial score (nSPS) is 13.8. The molecule has 4 N–H and O–H groups in total. The maximum absolute atomic E-state index is 13.9. The molecule has 0 spiro atoms. The fourth-order valence-corrected chi connectivity index (χ4v) is 5.44. The van der Waals surface area contributed by atoms with Crippen LogP contribution in [0.4, 0.5) is 10.2 Å². The van der Waals surface area contributed by atoms with Gasteiger partial charge < -0.3 is 10.3 Å². The summed E-state index contributed by atoms with van der Waals surface area (Å²) < 4.78 is 39.2. The Morgan fingerprint density at radius 1 is 1.10 bits per heavy atom. The maximum Gasteiger partial charge on any atom is 0.312 e. The zero-order chi connectivity index (χ0) is 22.2. The SMILES string of the molecule is Nc1nc(F)nc2c1nc(Cc1cc3c(cc1I)CCC3)n2CCCCCS(N)(=O)=O. The molecule has 0 amide bonds. The van der Waals surface area contributed by atoms with Crippen LogP contribution < -0.4 is 10.9 Å². The molecule has 0 fully saturated rings. The molecule has 31 heavy (non-hydrogen) atoms. The summed E-state index contributed by atoms with van der Waals surface area (Å²) in [5, 5.41) is 5.07. The molecule has 2 aromatic heterocycles. The number of primary sulfonamides is 1. The smallest absolute Gasteiger partial charge is 0.312 e. The number of aromatic nitrogens is 4. The predicted molar refractivity (Wildman–Crippen MR) is 126 cm³/mol. The van der Waals surface area contributed by atoms with Crippen LogP contribution in [0.2, 0.25) is 0 Å². The van der Waals surface area contributed by atoms with Gasteiger partial charge in [-0.15, -0.1) is 0 Å². The first-order valence-corrected chi connectivity index (χ1v) is 13.0. The fourth-order valence-electron chi connectivity index (χ4n) is 4.11. The lowest BCUT2D eigenvalue weighted by atomic mass is 10.0. The van der Waals surface area contributed by atoms with E-state index in [2.05, 4.69) is 49.7 Å². The van der Waals surface area contributed by atoms with E-state index in [0.29, 0.717) is 43.4 Å². The number of fused-ring (bicyclic) bond motifs is 2. The number of benzene rings is 1. The van der Waals surface area contributed by atoms with Gasteiger partial charge in [0.15, 0.2) is 17.0 Å². The van der Waals surface area contributed by atoms with Crippen molar-refractivity contribution in [3.05, 3.63) is 44.3 Å². The van der Waals surface area contributed by atoms with E-state index in [1.54, 1.807) is 0 Å². The fraction of sp³-hybridized carbons (Fsp3) is 0.450.